The molecule has 0 saturated heterocycles. The van der Waals surface area contributed by atoms with E-state index in [2.05, 4.69) is 58.0 Å². The van der Waals surface area contributed by atoms with Crippen LogP contribution in [-0.2, 0) is 13.1 Å². The van der Waals surface area contributed by atoms with Crippen molar-refractivity contribution in [3.63, 3.8) is 0 Å². The Bertz CT molecular complexity index is 871. The Morgan fingerprint density at radius 3 is 2.67 bits per heavy atom. The highest BCUT2D eigenvalue weighted by molar-refractivity contribution is 14.0. The molecule has 2 aromatic carbocycles. The highest BCUT2D eigenvalue weighted by atomic mass is 127. The van der Waals surface area contributed by atoms with Gasteiger partial charge >= 0.3 is 0 Å². The summed E-state index contributed by atoms with van der Waals surface area (Å²) in [5, 5.41) is 3.16. The van der Waals surface area contributed by atoms with Crippen LogP contribution >= 0.6 is 24.0 Å². The van der Waals surface area contributed by atoms with Crippen LogP contribution in [0.1, 0.15) is 36.7 Å². The lowest BCUT2D eigenvalue weighted by Gasteiger charge is -2.10. The van der Waals surface area contributed by atoms with E-state index in [9.17, 15) is 0 Å². The third-order valence-electron chi connectivity index (χ3n) is 4.21. The fourth-order valence-corrected chi connectivity index (χ4v) is 2.73. The third kappa shape index (κ3) is 6.09. The van der Waals surface area contributed by atoms with Crippen molar-refractivity contribution in [3.8, 4) is 0 Å². The Kier molecular flexibility index (Phi) is 7.84. The number of nitrogens with zero attached hydrogens (tertiary/aromatic N) is 3. The minimum Gasteiger partial charge on any atom is -0.370 e. The van der Waals surface area contributed by atoms with Crippen molar-refractivity contribution < 1.29 is 0 Å². The lowest BCUT2D eigenvalue weighted by molar-refractivity contribution is 0.724. The molecule has 0 radical (unpaired) electrons. The van der Waals surface area contributed by atoms with Gasteiger partial charge in [-0.1, -0.05) is 56.3 Å². The molecule has 27 heavy (non-hydrogen) atoms. The first-order valence-electron chi connectivity index (χ1n) is 8.82. The third-order valence-corrected chi connectivity index (χ3v) is 4.21. The van der Waals surface area contributed by atoms with Crippen LogP contribution in [0.3, 0.4) is 0 Å². The van der Waals surface area contributed by atoms with E-state index in [1.54, 1.807) is 6.20 Å². The monoisotopic (exact) mass is 475 g/mol. The number of hydrogen-bond donors (Lipinski definition) is 2. The summed E-state index contributed by atoms with van der Waals surface area (Å²) in [4.78, 5) is 8.84. The van der Waals surface area contributed by atoms with Gasteiger partial charge in [0.05, 0.1) is 0 Å². The molecule has 0 unspecified atom stereocenters. The molecular weight excluding hydrogens is 449 g/mol. The lowest BCUT2D eigenvalue weighted by Crippen LogP contribution is -2.23. The molecule has 0 spiro atoms. The maximum absolute atomic E-state index is 6.05. The number of anilines is 1. The fraction of sp³-hybridized carbons (Fsp3) is 0.238. The van der Waals surface area contributed by atoms with Gasteiger partial charge in [0.1, 0.15) is 12.4 Å². The zero-order valence-corrected chi connectivity index (χ0v) is 18.0. The van der Waals surface area contributed by atoms with E-state index in [-0.39, 0.29) is 24.0 Å². The van der Waals surface area contributed by atoms with Crippen LogP contribution in [0.25, 0.3) is 0 Å². The summed E-state index contributed by atoms with van der Waals surface area (Å²) in [6.45, 7) is 5.55. The second-order valence-corrected chi connectivity index (χ2v) is 6.56. The molecule has 0 aliphatic heterocycles. The Hall–Kier alpha value is -2.35. The van der Waals surface area contributed by atoms with Crippen molar-refractivity contribution in [2.75, 3.05) is 5.32 Å². The zero-order chi connectivity index (χ0) is 18.4. The van der Waals surface area contributed by atoms with Gasteiger partial charge in [-0.3, -0.25) is 0 Å². The van der Waals surface area contributed by atoms with Crippen LogP contribution in [0.2, 0.25) is 0 Å². The molecule has 5 nitrogen and oxygen atoms in total. The number of rotatable bonds is 6. The molecule has 0 bridgehead atoms. The molecule has 1 aromatic heterocycles. The van der Waals surface area contributed by atoms with Crippen LogP contribution < -0.4 is 11.1 Å². The number of aliphatic imine (C=N–C) groups is 1. The molecule has 6 heteroatoms. The number of hydrogen-bond acceptors (Lipinski definition) is 2. The number of nitrogens with two attached hydrogens (primary N) is 1. The van der Waals surface area contributed by atoms with Gasteiger partial charge < -0.3 is 15.6 Å². The number of nitrogens with one attached hydrogen (secondary N) is 1. The minimum absolute atomic E-state index is 0. The largest absolute Gasteiger partial charge is 0.370 e. The highest BCUT2D eigenvalue weighted by Crippen LogP contribution is 2.18. The predicted molar refractivity (Wildman–Crippen MR) is 123 cm³/mol. The van der Waals surface area contributed by atoms with Crippen molar-refractivity contribution in [1.82, 2.24) is 9.55 Å². The maximum Gasteiger partial charge on any atom is 0.193 e. The molecule has 0 aliphatic carbocycles. The van der Waals surface area contributed by atoms with E-state index in [1.807, 2.05) is 36.5 Å². The van der Waals surface area contributed by atoms with Gasteiger partial charge in [-0.2, -0.15) is 0 Å². The first-order valence-corrected chi connectivity index (χ1v) is 8.82. The first-order chi connectivity index (χ1) is 12.6. The molecule has 3 aromatic rings. The van der Waals surface area contributed by atoms with Gasteiger partial charge in [0.15, 0.2) is 5.96 Å². The molecule has 3 N–H and O–H groups in total. The Labute approximate surface area is 177 Å². The minimum atomic E-state index is 0. The average molecular weight is 475 g/mol. The maximum atomic E-state index is 6.05. The summed E-state index contributed by atoms with van der Waals surface area (Å²) < 4.78 is 2.09. The van der Waals surface area contributed by atoms with Crippen LogP contribution in [0.4, 0.5) is 5.69 Å². The Balaban J connectivity index is 0.00000261. The molecule has 1 heterocycles. The van der Waals surface area contributed by atoms with Gasteiger partial charge in [0.2, 0.25) is 0 Å². The van der Waals surface area contributed by atoms with E-state index in [1.165, 1.54) is 11.1 Å². The van der Waals surface area contributed by atoms with Gasteiger partial charge in [-0.25, -0.2) is 9.98 Å². The lowest BCUT2D eigenvalue weighted by atomic mass is 10.0. The molecule has 0 atom stereocenters. The molecular formula is C21H26IN5. The summed E-state index contributed by atoms with van der Waals surface area (Å²) in [6.07, 6.45) is 3.76. The summed E-state index contributed by atoms with van der Waals surface area (Å²) in [5.74, 6) is 1.75. The Morgan fingerprint density at radius 1 is 1.15 bits per heavy atom. The van der Waals surface area contributed by atoms with E-state index in [4.69, 9.17) is 5.73 Å². The second-order valence-electron chi connectivity index (χ2n) is 6.56. The van der Waals surface area contributed by atoms with Gasteiger partial charge in [-0.15, -0.1) is 24.0 Å². The average Bonchev–Trinajstić information content (AvgIpc) is 3.08. The van der Waals surface area contributed by atoms with Gasteiger partial charge in [-0.05, 0) is 29.2 Å². The van der Waals surface area contributed by atoms with Gasteiger partial charge in [0.25, 0.3) is 0 Å². The van der Waals surface area contributed by atoms with E-state index >= 15 is 0 Å². The molecule has 0 amide bonds. The summed E-state index contributed by atoms with van der Waals surface area (Å²) in [6, 6.07) is 18.5. The number of aromatic nitrogens is 2. The quantitative estimate of drug-likeness (QED) is 0.311. The topological polar surface area (TPSA) is 68.2 Å². The smallest absolute Gasteiger partial charge is 0.193 e. The number of halogens is 1. The van der Waals surface area contributed by atoms with Crippen LogP contribution in [0, 0.1) is 0 Å². The molecule has 142 valence electrons. The second kappa shape index (κ2) is 10.1. The number of benzene rings is 2. The predicted octanol–water partition coefficient (Wildman–Crippen LogP) is 4.60. The standard InChI is InChI=1S/C21H25N5.HI/c1-16(2)18-9-6-10-19(13-18)25-21(22)24-14-20-23-11-12-26(20)15-17-7-4-3-5-8-17;/h3-13,16H,14-15H2,1-2H3,(H3,22,24,25);1H. The van der Waals surface area contributed by atoms with Crippen LogP contribution in [0.5, 0.6) is 0 Å². The molecule has 0 aliphatic rings. The van der Waals surface area contributed by atoms with Crippen molar-refractivity contribution in [2.45, 2.75) is 32.9 Å². The number of guanidine groups is 1. The molecule has 0 saturated carbocycles. The first kappa shape index (κ1) is 21.0. The summed E-state index contributed by atoms with van der Waals surface area (Å²) >= 11 is 0. The van der Waals surface area contributed by atoms with Gasteiger partial charge in [0, 0.05) is 24.6 Å². The van der Waals surface area contributed by atoms with Crippen molar-refractivity contribution in [2.24, 2.45) is 10.7 Å². The zero-order valence-electron chi connectivity index (χ0n) is 15.7. The number of imidazole rings is 1. The fourth-order valence-electron chi connectivity index (χ4n) is 2.73. The SMILES string of the molecule is CC(C)c1cccc(NC(N)=NCc2nccn2Cc2ccccc2)c1.I. The van der Waals surface area contributed by atoms with E-state index in [0.29, 0.717) is 18.4 Å². The Morgan fingerprint density at radius 2 is 1.93 bits per heavy atom. The van der Waals surface area contributed by atoms with E-state index < -0.39 is 0 Å². The van der Waals surface area contributed by atoms with Crippen molar-refractivity contribution in [3.05, 3.63) is 83.9 Å². The summed E-state index contributed by atoms with van der Waals surface area (Å²) in [5.41, 5.74) is 9.50. The summed E-state index contributed by atoms with van der Waals surface area (Å²) in [7, 11) is 0. The normalized spacial score (nSPS) is 11.3. The highest BCUT2D eigenvalue weighted by Gasteiger charge is 2.04. The van der Waals surface area contributed by atoms with Crippen molar-refractivity contribution in [1.29, 1.82) is 0 Å². The van der Waals surface area contributed by atoms with Crippen LogP contribution in [-0.4, -0.2) is 15.5 Å². The van der Waals surface area contributed by atoms with E-state index in [0.717, 1.165) is 18.1 Å². The van der Waals surface area contributed by atoms with Crippen molar-refractivity contribution >= 4 is 35.6 Å². The van der Waals surface area contributed by atoms with Crippen LogP contribution in [0.15, 0.2) is 72.0 Å². The molecule has 3 rings (SSSR count). The molecule has 0 fully saturated rings.